The minimum Gasteiger partial charge on any atom is -0.356 e. The van der Waals surface area contributed by atoms with Crippen molar-refractivity contribution in [2.75, 3.05) is 18.0 Å². The molecule has 3 aromatic rings. The van der Waals surface area contributed by atoms with E-state index in [1.807, 2.05) is 45.0 Å². The zero-order valence-electron chi connectivity index (χ0n) is 17.0. The number of hydrogen-bond acceptors (Lipinski definition) is 6. The van der Waals surface area contributed by atoms with Crippen molar-refractivity contribution in [1.82, 2.24) is 25.3 Å². The molecule has 0 radical (unpaired) electrons. The Morgan fingerprint density at radius 2 is 1.89 bits per heavy atom. The molecule has 0 saturated carbocycles. The molecule has 1 amide bonds. The van der Waals surface area contributed by atoms with E-state index < -0.39 is 0 Å². The number of aryl methyl sites for hydroxylation is 2. The van der Waals surface area contributed by atoms with E-state index in [2.05, 4.69) is 44.0 Å². The Kier molecular flexibility index (Phi) is 5.82. The molecule has 0 saturated heterocycles. The number of nitrogens with one attached hydrogen (secondary N) is 1. The summed E-state index contributed by atoms with van der Waals surface area (Å²) in [6, 6.07) is 7.38. The Bertz CT molecular complexity index is 985. The van der Waals surface area contributed by atoms with Crippen molar-refractivity contribution < 1.29 is 4.79 Å². The fourth-order valence-corrected chi connectivity index (χ4v) is 3.28. The topological polar surface area (TPSA) is 83.9 Å². The summed E-state index contributed by atoms with van der Waals surface area (Å²) in [5.41, 5.74) is 3.25. The number of hydrogen-bond donors (Lipinski definition) is 1. The first-order valence-corrected chi connectivity index (χ1v) is 9.57. The predicted molar refractivity (Wildman–Crippen MR) is 110 cm³/mol. The molecule has 3 aromatic heterocycles. The van der Waals surface area contributed by atoms with Gasteiger partial charge >= 0.3 is 0 Å². The van der Waals surface area contributed by atoms with Gasteiger partial charge in [0, 0.05) is 25.0 Å². The largest absolute Gasteiger partial charge is 0.356 e. The average Bonchev–Trinajstić information content (AvgIpc) is 2.68. The molecule has 0 aliphatic heterocycles. The van der Waals surface area contributed by atoms with Gasteiger partial charge in [0.1, 0.15) is 5.82 Å². The average molecular weight is 378 g/mol. The fraction of sp³-hybridized carbons (Fsp3) is 0.381. The Morgan fingerprint density at radius 1 is 1.14 bits per heavy atom. The van der Waals surface area contributed by atoms with Crippen LogP contribution in [0.25, 0.3) is 11.0 Å². The Balaban J connectivity index is 2.04. The molecule has 0 aromatic carbocycles. The van der Waals surface area contributed by atoms with Crippen molar-refractivity contribution in [3.8, 4) is 0 Å². The lowest BCUT2D eigenvalue weighted by atomic mass is 10.1. The van der Waals surface area contributed by atoms with Gasteiger partial charge in [0.05, 0.1) is 17.1 Å². The van der Waals surface area contributed by atoms with Gasteiger partial charge in [-0.05, 0) is 58.4 Å². The molecule has 3 rings (SSSR count). The lowest BCUT2D eigenvalue weighted by Crippen LogP contribution is -2.30. The summed E-state index contributed by atoms with van der Waals surface area (Å²) in [4.78, 5) is 33.0. The summed E-state index contributed by atoms with van der Waals surface area (Å²) in [7, 11) is 0. The van der Waals surface area contributed by atoms with Crippen molar-refractivity contribution in [1.29, 1.82) is 0 Å². The summed E-state index contributed by atoms with van der Waals surface area (Å²) in [6.45, 7) is 11.5. The Hall–Kier alpha value is -3.09. The van der Waals surface area contributed by atoms with Crippen LogP contribution >= 0.6 is 0 Å². The van der Waals surface area contributed by atoms with Gasteiger partial charge < -0.3 is 10.2 Å². The molecule has 28 heavy (non-hydrogen) atoms. The molecular formula is C21H26N6O. The molecule has 3 heterocycles. The third kappa shape index (κ3) is 3.93. The molecule has 0 aliphatic carbocycles. The van der Waals surface area contributed by atoms with E-state index in [-0.39, 0.29) is 17.8 Å². The second-order valence-corrected chi connectivity index (χ2v) is 6.77. The van der Waals surface area contributed by atoms with Crippen LogP contribution in [0.4, 0.5) is 5.82 Å². The highest BCUT2D eigenvalue weighted by atomic mass is 16.2. The summed E-state index contributed by atoms with van der Waals surface area (Å²) in [5.74, 6) is 0.528. The third-order valence-corrected chi connectivity index (χ3v) is 4.72. The van der Waals surface area contributed by atoms with Crippen LogP contribution in [0.15, 0.2) is 30.5 Å². The fourth-order valence-electron chi connectivity index (χ4n) is 3.28. The van der Waals surface area contributed by atoms with Crippen LogP contribution in [0.3, 0.4) is 0 Å². The normalized spacial score (nSPS) is 12.0. The molecule has 0 fully saturated rings. The Morgan fingerprint density at radius 3 is 2.54 bits per heavy atom. The number of amides is 1. The SMILES string of the molecule is CCN(CC)c1nc(C(=O)N[C@H](C)c2ccccn2)nc2nc(C)cc(C)c12. The molecule has 0 bridgehead atoms. The smallest absolute Gasteiger partial charge is 0.289 e. The highest BCUT2D eigenvalue weighted by Gasteiger charge is 2.21. The second kappa shape index (κ2) is 8.29. The maximum Gasteiger partial charge on any atom is 0.289 e. The van der Waals surface area contributed by atoms with Gasteiger partial charge in [0.25, 0.3) is 5.91 Å². The highest BCUT2D eigenvalue weighted by molar-refractivity contribution is 5.97. The molecule has 7 nitrogen and oxygen atoms in total. The van der Waals surface area contributed by atoms with Gasteiger partial charge in [-0.25, -0.2) is 15.0 Å². The van der Waals surface area contributed by atoms with Crippen LogP contribution in [0.1, 0.15) is 54.4 Å². The van der Waals surface area contributed by atoms with Crippen LogP contribution in [-0.4, -0.2) is 38.9 Å². The van der Waals surface area contributed by atoms with Gasteiger partial charge in [0.15, 0.2) is 5.65 Å². The third-order valence-electron chi connectivity index (χ3n) is 4.72. The van der Waals surface area contributed by atoms with Gasteiger partial charge in [-0.15, -0.1) is 0 Å². The lowest BCUT2D eigenvalue weighted by Gasteiger charge is -2.23. The van der Waals surface area contributed by atoms with Crippen LogP contribution < -0.4 is 10.2 Å². The highest BCUT2D eigenvalue weighted by Crippen LogP contribution is 2.27. The number of carbonyl (C=O) groups excluding carboxylic acids is 1. The van der Waals surface area contributed by atoms with Gasteiger partial charge in [0.2, 0.25) is 5.82 Å². The van der Waals surface area contributed by atoms with Crippen molar-refractivity contribution in [3.05, 3.63) is 53.2 Å². The maximum absolute atomic E-state index is 12.9. The van der Waals surface area contributed by atoms with Crippen LogP contribution in [0.2, 0.25) is 0 Å². The van der Waals surface area contributed by atoms with Gasteiger partial charge in [-0.3, -0.25) is 9.78 Å². The first-order chi connectivity index (χ1) is 13.4. The van der Waals surface area contributed by atoms with Crippen molar-refractivity contribution in [2.24, 2.45) is 0 Å². The quantitative estimate of drug-likeness (QED) is 0.708. The number of anilines is 1. The van der Waals surface area contributed by atoms with E-state index in [9.17, 15) is 4.79 Å². The van der Waals surface area contributed by atoms with E-state index in [0.29, 0.717) is 5.65 Å². The second-order valence-electron chi connectivity index (χ2n) is 6.77. The van der Waals surface area contributed by atoms with Crippen molar-refractivity contribution in [3.63, 3.8) is 0 Å². The summed E-state index contributed by atoms with van der Waals surface area (Å²) < 4.78 is 0. The van der Waals surface area contributed by atoms with Gasteiger partial charge in [-0.2, -0.15) is 0 Å². The van der Waals surface area contributed by atoms with Crippen LogP contribution in [-0.2, 0) is 0 Å². The van der Waals surface area contributed by atoms with E-state index in [1.165, 1.54) is 0 Å². The first kappa shape index (κ1) is 19.7. The Labute approximate surface area is 165 Å². The van der Waals surface area contributed by atoms with Crippen LogP contribution in [0, 0.1) is 13.8 Å². The number of nitrogens with zero attached hydrogens (tertiary/aromatic N) is 5. The number of aromatic nitrogens is 4. The monoisotopic (exact) mass is 378 g/mol. The summed E-state index contributed by atoms with van der Waals surface area (Å²) >= 11 is 0. The van der Waals surface area contributed by atoms with E-state index in [1.54, 1.807) is 6.20 Å². The number of carbonyl (C=O) groups is 1. The molecular weight excluding hydrogens is 352 g/mol. The first-order valence-electron chi connectivity index (χ1n) is 9.57. The number of rotatable bonds is 6. The zero-order chi connectivity index (χ0) is 20.3. The van der Waals surface area contributed by atoms with E-state index in [0.717, 1.165) is 41.2 Å². The minimum atomic E-state index is -0.339. The summed E-state index contributed by atoms with van der Waals surface area (Å²) in [5, 5.41) is 3.83. The molecule has 0 spiro atoms. The van der Waals surface area contributed by atoms with E-state index >= 15 is 0 Å². The maximum atomic E-state index is 12.9. The number of fused-ring (bicyclic) bond motifs is 1. The van der Waals surface area contributed by atoms with Crippen molar-refractivity contribution in [2.45, 2.75) is 40.7 Å². The predicted octanol–water partition coefficient (Wildman–Crippen LogP) is 3.37. The standard InChI is InChI=1S/C21H26N6O/c1-6-27(7-2)20-17-13(3)12-14(4)23-18(17)25-19(26-20)21(28)24-15(5)16-10-8-9-11-22-16/h8-12,15H,6-7H2,1-5H3,(H,24,28)/t15-/m1/s1. The molecule has 0 unspecified atom stereocenters. The zero-order valence-corrected chi connectivity index (χ0v) is 17.0. The van der Waals surface area contributed by atoms with Crippen molar-refractivity contribution >= 4 is 22.8 Å². The molecule has 1 N–H and O–H groups in total. The minimum absolute atomic E-state index is 0.120. The van der Waals surface area contributed by atoms with Crippen LogP contribution in [0.5, 0.6) is 0 Å². The lowest BCUT2D eigenvalue weighted by molar-refractivity contribution is 0.0929. The summed E-state index contributed by atoms with van der Waals surface area (Å²) in [6.07, 6.45) is 1.71. The van der Waals surface area contributed by atoms with E-state index in [4.69, 9.17) is 0 Å². The molecule has 7 heteroatoms. The van der Waals surface area contributed by atoms with Gasteiger partial charge in [-0.1, -0.05) is 6.07 Å². The molecule has 1 atom stereocenters. The molecule has 0 aliphatic rings. The number of pyridine rings is 2. The molecule has 146 valence electrons.